The third-order valence-corrected chi connectivity index (χ3v) is 2.24. The van der Waals surface area contributed by atoms with E-state index in [4.69, 9.17) is 11.0 Å². The summed E-state index contributed by atoms with van der Waals surface area (Å²) in [7, 11) is 0. The average molecular weight is 233 g/mol. The number of nitrogens with two attached hydrogens (primary N) is 1. The first-order chi connectivity index (χ1) is 8.04. The molecular weight excluding hydrogens is 222 g/mol. The number of amides is 1. The number of carbonyl (C=O) groups is 1. The fourth-order valence-corrected chi connectivity index (χ4v) is 1.47. The van der Waals surface area contributed by atoms with E-state index < -0.39 is 10.8 Å². The fraction of sp³-hybridized carbons (Fsp3) is 0.273. The van der Waals surface area contributed by atoms with E-state index in [0.717, 1.165) is 0 Å². The zero-order chi connectivity index (χ0) is 12.8. The largest absolute Gasteiger partial charge is 0.369 e. The molecule has 88 valence electrons. The summed E-state index contributed by atoms with van der Waals surface area (Å²) in [6.07, 6.45) is 0.593. The lowest BCUT2D eigenvalue weighted by molar-refractivity contribution is -0.385. The molecule has 0 aliphatic carbocycles. The van der Waals surface area contributed by atoms with Crippen LogP contribution in [0.25, 0.3) is 0 Å². The molecule has 0 saturated heterocycles. The first-order valence-corrected chi connectivity index (χ1v) is 4.96. The Morgan fingerprint density at radius 1 is 1.53 bits per heavy atom. The Hall–Kier alpha value is -2.42. The molecule has 0 heterocycles. The van der Waals surface area contributed by atoms with Crippen LogP contribution >= 0.6 is 0 Å². The fourth-order valence-electron chi connectivity index (χ4n) is 1.47. The van der Waals surface area contributed by atoms with Crippen molar-refractivity contribution in [3.8, 4) is 6.07 Å². The standard InChI is InChI=1S/C11H11N3O3/c12-5-1-2-8-3-4-9(7-11(13)15)10(6-8)14(16)17/h3-4,6H,1-2,7H2,(H2,13,15). The number of nitro benzene ring substituents is 1. The number of nitro groups is 1. The molecule has 1 aromatic carbocycles. The Bertz CT molecular complexity index is 491. The summed E-state index contributed by atoms with van der Waals surface area (Å²) in [5, 5.41) is 19.3. The van der Waals surface area contributed by atoms with E-state index in [0.29, 0.717) is 24.0 Å². The predicted octanol–water partition coefficient (Wildman–Crippen LogP) is 1.08. The SMILES string of the molecule is N#CCCc1ccc(CC(N)=O)c([N+](=O)[O-])c1. The van der Waals surface area contributed by atoms with Crippen LogP contribution in [0.2, 0.25) is 0 Å². The van der Waals surface area contributed by atoms with Gasteiger partial charge in [0, 0.05) is 18.1 Å². The second-order valence-corrected chi connectivity index (χ2v) is 3.52. The van der Waals surface area contributed by atoms with E-state index in [1.165, 1.54) is 12.1 Å². The molecule has 0 saturated carbocycles. The highest BCUT2D eigenvalue weighted by atomic mass is 16.6. The first-order valence-electron chi connectivity index (χ1n) is 4.96. The van der Waals surface area contributed by atoms with Crippen molar-refractivity contribution >= 4 is 11.6 Å². The lowest BCUT2D eigenvalue weighted by Gasteiger charge is -2.03. The number of aryl methyl sites for hydroxylation is 1. The van der Waals surface area contributed by atoms with Crippen LogP contribution < -0.4 is 5.73 Å². The molecule has 0 aromatic heterocycles. The van der Waals surface area contributed by atoms with Gasteiger partial charge in [0.15, 0.2) is 0 Å². The Labute approximate surface area is 97.8 Å². The summed E-state index contributed by atoms with van der Waals surface area (Å²) in [5.74, 6) is -0.613. The lowest BCUT2D eigenvalue weighted by atomic mass is 10.0. The second-order valence-electron chi connectivity index (χ2n) is 3.52. The number of benzene rings is 1. The summed E-state index contributed by atoms with van der Waals surface area (Å²) in [6, 6.07) is 6.53. The monoisotopic (exact) mass is 233 g/mol. The zero-order valence-corrected chi connectivity index (χ0v) is 9.05. The molecule has 0 aliphatic heterocycles. The summed E-state index contributed by atoms with van der Waals surface area (Å²) < 4.78 is 0. The molecule has 6 heteroatoms. The summed E-state index contributed by atoms with van der Waals surface area (Å²) >= 11 is 0. The molecule has 17 heavy (non-hydrogen) atoms. The van der Waals surface area contributed by atoms with Crippen molar-refractivity contribution in [2.75, 3.05) is 0 Å². The van der Waals surface area contributed by atoms with Crippen molar-refractivity contribution in [1.29, 1.82) is 5.26 Å². The number of hydrogen-bond acceptors (Lipinski definition) is 4. The number of rotatable bonds is 5. The summed E-state index contributed by atoms with van der Waals surface area (Å²) in [5.41, 5.74) is 5.88. The van der Waals surface area contributed by atoms with Crippen LogP contribution in [-0.2, 0) is 17.6 Å². The first kappa shape index (κ1) is 12.6. The van der Waals surface area contributed by atoms with Crippen molar-refractivity contribution < 1.29 is 9.72 Å². The Kier molecular flexibility index (Phi) is 4.17. The Morgan fingerprint density at radius 2 is 2.24 bits per heavy atom. The van der Waals surface area contributed by atoms with Gasteiger partial charge < -0.3 is 5.73 Å². The van der Waals surface area contributed by atoms with Crippen molar-refractivity contribution in [2.24, 2.45) is 5.73 Å². The third kappa shape index (κ3) is 3.57. The molecule has 0 atom stereocenters. The smallest absolute Gasteiger partial charge is 0.273 e. The van der Waals surface area contributed by atoms with E-state index in [9.17, 15) is 14.9 Å². The predicted molar refractivity (Wildman–Crippen MR) is 59.9 cm³/mol. The van der Waals surface area contributed by atoms with Gasteiger partial charge >= 0.3 is 0 Å². The van der Waals surface area contributed by atoms with Gasteiger partial charge in [0.2, 0.25) is 5.91 Å². The van der Waals surface area contributed by atoms with Gasteiger partial charge in [0.25, 0.3) is 5.69 Å². The van der Waals surface area contributed by atoms with Crippen LogP contribution in [0, 0.1) is 21.4 Å². The van der Waals surface area contributed by atoms with Crippen molar-refractivity contribution in [2.45, 2.75) is 19.3 Å². The molecule has 0 aliphatic rings. The molecule has 1 amide bonds. The maximum absolute atomic E-state index is 10.8. The van der Waals surface area contributed by atoms with Gasteiger partial charge in [-0.1, -0.05) is 12.1 Å². The van der Waals surface area contributed by atoms with Crippen LogP contribution in [0.3, 0.4) is 0 Å². The van der Waals surface area contributed by atoms with Gasteiger partial charge in [0.05, 0.1) is 17.4 Å². The molecular formula is C11H11N3O3. The number of nitriles is 1. The molecule has 6 nitrogen and oxygen atoms in total. The quantitative estimate of drug-likeness (QED) is 0.605. The molecule has 0 unspecified atom stereocenters. The van der Waals surface area contributed by atoms with Crippen molar-refractivity contribution in [3.05, 3.63) is 39.4 Å². The molecule has 1 rings (SSSR count). The van der Waals surface area contributed by atoms with Crippen LogP contribution in [0.4, 0.5) is 5.69 Å². The van der Waals surface area contributed by atoms with Gasteiger partial charge in [-0.3, -0.25) is 14.9 Å². The Balaban J connectivity index is 3.04. The van der Waals surface area contributed by atoms with E-state index >= 15 is 0 Å². The van der Waals surface area contributed by atoms with Crippen molar-refractivity contribution in [3.63, 3.8) is 0 Å². The van der Waals surface area contributed by atoms with Gasteiger partial charge in [-0.05, 0) is 12.0 Å². The van der Waals surface area contributed by atoms with E-state index in [-0.39, 0.29) is 12.1 Å². The lowest BCUT2D eigenvalue weighted by Crippen LogP contribution is -2.14. The van der Waals surface area contributed by atoms with Crippen LogP contribution in [0.15, 0.2) is 18.2 Å². The Morgan fingerprint density at radius 3 is 2.76 bits per heavy atom. The minimum Gasteiger partial charge on any atom is -0.369 e. The van der Waals surface area contributed by atoms with E-state index in [1.807, 2.05) is 6.07 Å². The molecule has 0 spiro atoms. The average Bonchev–Trinajstić information content (AvgIpc) is 2.26. The number of hydrogen-bond donors (Lipinski definition) is 1. The highest BCUT2D eigenvalue weighted by molar-refractivity contribution is 5.78. The third-order valence-electron chi connectivity index (χ3n) is 2.24. The summed E-state index contributed by atoms with van der Waals surface area (Å²) in [6.45, 7) is 0. The number of carbonyl (C=O) groups excluding carboxylic acids is 1. The highest BCUT2D eigenvalue weighted by Gasteiger charge is 2.15. The molecule has 0 radical (unpaired) electrons. The number of primary amides is 1. The zero-order valence-electron chi connectivity index (χ0n) is 9.05. The maximum Gasteiger partial charge on any atom is 0.273 e. The molecule has 1 aromatic rings. The number of nitrogens with zero attached hydrogens (tertiary/aromatic N) is 2. The minimum absolute atomic E-state index is 0.126. The highest BCUT2D eigenvalue weighted by Crippen LogP contribution is 2.21. The molecule has 0 fully saturated rings. The van der Waals surface area contributed by atoms with Gasteiger partial charge in [-0.25, -0.2) is 0 Å². The van der Waals surface area contributed by atoms with E-state index in [1.54, 1.807) is 6.07 Å². The van der Waals surface area contributed by atoms with Gasteiger partial charge in [-0.2, -0.15) is 5.26 Å². The topological polar surface area (TPSA) is 110 Å². The molecule has 0 bridgehead atoms. The maximum atomic E-state index is 10.8. The summed E-state index contributed by atoms with van der Waals surface area (Å²) in [4.78, 5) is 21.0. The van der Waals surface area contributed by atoms with Gasteiger partial charge in [-0.15, -0.1) is 0 Å². The van der Waals surface area contributed by atoms with Crippen LogP contribution in [0.1, 0.15) is 17.5 Å². The normalized spacial score (nSPS) is 9.59. The minimum atomic E-state index is -0.613. The van der Waals surface area contributed by atoms with E-state index in [2.05, 4.69) is 0 Å². The van der Waals surface area contributed by atoms with Crippen LogP contribution in [0.5, 0.6) is 0 Å². The second kappa shape index (κ2) is 5.61. The molecule has 2 N–H and O–H groups in total. The van der Waals surface area contributed by atoms with Gasteiger partial charge in [0.1, 0.15) is 0 Å². The van der Waals surface area contributed by atoms with Crippen LogP contribution in [-0.4, -0.2) is 10.8 Å². The van der Waals surface area contributed by atoms with Crippen molar-refractivity contribution in [1.82, 2.24) is 0 Å².